The highest BCUT2D eigenvalue weighted by molar-refractivity contribution is 7.89. The van der Waals surface area contributed by atoms with E-state index in [1.807, 2.05) is 0 Å². The van der Waals surface area contributed by atoms with Gasteiger partial charge in [-0.15, -0.1) is 0 Å². The van der Waals surface area contributed by atoms with E-state index in [9.17, 15) is 8.42 Å². The number of halogens is 1. The molecule has 0 aromatic heterocycles. The van der Waals surface area contributed by atoms with Gasteiger partial charge in [-0.05, 0) is 31.8 Å². The van der Waals surface area contributed by atoms with E-state index in [-0.39, 0.29) is 9.92 Å². The molecule has 1 atom stereocenters. The zero-order valence-electron chi connectivity index (χ0n) is 12.7. The molecule has 0 aliphatic carbocycles. The van der Waals surface area contributed by atoms with E-state index in [1.165, 1.54) is 26.4 Å². The Kier molecular flexibility index (Phi) is 5.91. The van der Waals surface area contributed by atoms with Crippen LogP contribution < -0.4 is 19.5 Å². The SMILES string of the molecule is COc1cc(Cl)c(S(=O)(=O)NCC2CCCNC2)cc1OC. The number of hydrogen-bond acceptors (Lipinski definition) is 5. The summed E-state index contributed by atoms with van der Waals surface area (Å²) in [5, 5.41) is 3.36. The zero-order valence-corrected chi connectivity index (χ0v) is 14.3. The van der Waals surface area contributed by atoms with Crippen LogP contribution in [-0.4, -0.2) is 42.3 Å². The molecule has 1 saturated heterocycles. The van der Waals surface area contributed by atoms with Crippen LogP contribution in [-0.2, 0) is 10.0 Å². The maximum absolute atomic E-state index is 12.5. The molecule has 8 heteroatoms. The number of ether oxygens (including phenoxy) is 2. The van der Waals surface area contributed by atoms with Crippen molar-refractivity contribution in [3.05, 3.63) is 17.2 Å². The second-order valence-electron chi connectivity index (χ2n) is 5.20. The topological polar surface area (TPSA) is 76.7 Å². The largest absolute Gasteiger partial charge is 0.493 e. The molecule has 0 bridgehead atoms. The molecule has 1 aromatic carbocycles. The van der Waals surface area contributed by atoms with Gasteiger partial charge in [-0.2, -0.15) is 0 Å². The van der Waals surface area contributed by atoms with Crippen molar-refractivity contribution in [2.75, 3.05) is 33.9 Å². The number of benzene rings is 1. The number of sulfonamides is 1. The van der Waals surface area contributed by atoms with Gasteiger partial charge in [0.2, 0.25) is 10.0 Å². The summed E-state index contributed by atoms with van der Waals surface area (Å²) in [6.45, 7) is 2.20. The Bertz CT molecular complexity index is 616. The fourth-order valence-corrected chi connectivity index (χ4v) is 4.09. The Morgan fingerprint density at radius 2 is 2.00 bits per heavy atom. The average Bonchev–Trinajstić information content (AvgIpc) is 2.53. The predicted molar refractivity (Wildman–Crippen MR) is 85.3 cm³/mol. The average molecular weight is 349 g/mol. The van der Waals surface area contributed by atoms with Gasteiger partial charge in [0.1, 0.15) is 4.90 Å². The van der Waals surface area contributed by atoms with Crippen LogP contribution in [0.3, 0.4) is 0 Å². The van der Waals surface area contributed by atoms with Crippen LogP contribution >= 0.6 is 11.6 Å². The third-order valence-electron chi connectivity index (χ3n) is 3.69. The summed E-state index contributed by atoms with van der Waals surface area (Å²) >= 11 is 6.08. The van der Waals surface area contributed by atoms with Crippen molar-refractivity contribution in [3.8, 4) is 11.5 Å². The van der Waals surface area contributed by atoms with E-state index in [1.54, 1.807) is 0 Å². The fourth-order valence-electron chi connectivity index (χ4n) is 2.44. The van der Waals surface area contributed by atoms with Crippen LogP contribution in [0, 0.1) is 5.92 Å². The molecule has 22 heavy (non-hydrogen) atoms. The van der Waals surface area contributed by atoms with Gasteiger partial charge in [0.25, 0.3) is 0 Å². The van der Waals surface area contributed by atoms with Crippen molar-refractivity contribution in [3.63, 3.8) is 0 Å². The van der Waals surface area contributed by atoms with Crippen LogP contribution in [0.25, 0.3) is 0 Å². The summed E-state index contributed by atoms with van der Waals surface area (Å²) in [4.78, 5) is -0.00409. The predicted octanol–water partition coefficient (Wildman–Crippen LogP) is 1.64. The summed E-state index contributed by atoms with van der Waals surface area (Å²) in [5.41, 5.74) is 0. The lowest BCUT2D eigenvalue weighted by molar-refractivity contribution is 0.353. The Labute approximate surface area is 136 Å². The number of piperidine rings is 1. The van der Waals surface area contributed by atoms with E-state index in [2.05, 4.69) is 10.0 Å². The normalized spacial score (nSPS) is 19.0. The Balaban J connectivity index is 2.17. The van der Waals surface area contributed by atoms with Gasteiger partial charge in [0, 0.05) is 18.7 Å². The molecular formula is C14H21ClN2O4S. The minimum atomic E-state index is -3.69. The van der Waals surface area contributed by atoms with E-state index in [0.29, 0.717) is 24.0 Å². The van der Waals surface area contributed by atoms with Crippen molar-refractivity contribution >= 4 is 21.6 Å². The third kappa shape index (κ3) is 4.04. The first-order valence-electron chi connectivity index (χ1n) is 7.10. The van der Waals surface area contributed by atoms with E-state index < -0.39 is 10.0 Å². The number of nitrogens with one attached hydrogen (secondary N) is 2. The Morgan fingerprint density at radius 1 is 1.32 bits per heavy atom. The molecule has 0 saturated carbocycles. The molecule has 1 aromatic rings. The second-order valence-corrected chi connectivity index (χ2v) is 7.34. The summed E-state index contributed by atoms with van der Waals surface area (Å²) in [7, 11) is -0.777. The van der Waals surface area contributed by atoms with Crippen molar-refractivity contribution < 1.29 is 17.9 Å². The van der Waals surface area contributed by atoms with E-state index >= 15 is 0 Å². The van der Waals surface area contributed by atoms with Gasteiger partial charge in [-0.25, -0.2) is 13.1 Å². The summed E-state index contributed by atoms with van der Waals surface area (Å²) in [5.74, 6) is 1.01. The second kappa shape index (κ2) is 7.50. The maximum Gasteiger partial charge on any atom is 0.242 e. The zero-order chi connectivity index (χ0) is 16.2. The molecule has 1 unspecified atom stereocenters. The number of hydrogen-bond donors (Lipinski definition) is 2. The first kappa shape index (κ1) is 17.3. The Hall–Kier alpha value is -1.02. The lowest BCUT2D eigenvalue weighted by atomic mass is 10.0. The smallest absolute Gasteiger partial charge is 0.242 e. The molecule has 0 amide bonds. The summed E-state index contributed by atoms with van der Waals surface area (Å²) in [6, 6.07) is 2.82. The highest BCUT2D eigenvalue weighted by Gasteiger charge is 2.23. The Morgan fingerprint density at radius 3 is 2.59 bits per heavy atom. The summed E-state index contributed by atoms with van der Waals surface area (Å²) < 4.78 is 37.8. The van der Waals surface area contributed by atoms with Crippen LogP contribution in [0.4, 0.5) is 0 Å². The van der Waals surface area contributed by atoms with Crippen LogP contribution in [0.2, 0.25) is 5.02 Å². The lowest BCUT2D eigenvalue weighted by Gasteiger charge is -2.23. The van der Waals surface area contributed by atoms with Gasteiger partial charge in [0.05, 0.1) is 19.2 Å². The standard InChI is InChI=1S/C14H21ClN2O4S/c1-20-12-6-11(15)14(7-13(12)21-2)22(18,19)17-9-10-4-3-5-16-8-10/h6-7,10,16-17H,3-5,8-9H2,1-2H3. The van der Waals surface area contributed by atoms with Crippen LogP contribution in [0.15, 0.2) is 17.0 Å². The number of methoxy groups -OCH3 is 2. The molecule has 1 aliphatic heterocycles. The van der Waals surface area contributed by atoms with E-state index in [0.717, 1.165) is 25.9 Å². The van der Waals surface area contributed by atoms with Gasteiger partial charge < -0.3 is 14.8 Å². The first-order chi connectivity index (χ1) is 10.5. The lowest BCUT2D eigenvalue weighted by Crippen LogP contribution is -2.38. The molecule has 1 heterocycles. The molecule has 1 fully saturated rings. The van der Waals surface area contributed by atoms with Gasteiger partial charge in [-0.1, -0.05) is 11.6 Å². The van der Waals surface area contributed by atoms with Gasteiger partial charge in [-0.3, -0.25) is 0 Å². The minimum absolute atomic E-state index is 0.00409. The van der Waals surface area contributed by atoms with Crippen molar-refractivity contribution in [2.45, 2.75) is 17.7 Å². The highest BCUT2D eigenvalue weighted by atomic mass is 35.5. The van der Waals surface area contributed by atoms with Crippen LogP contribution in [0.1, 0.15) is 12.8 Å². The molecule has 0 spiro atoms. The molecule has 2 N–H and O–H groups in total. The van der Waals surface area contributed by atoms with Crippen molar-refractivity contribution in [1.82, 2.24) is 10.0 Å². The molecule has 2 rings (SSSR count). The molecular weight excluding hydrogens is 328 g/mol. The van der Waals surface area contributed by atoms with Crippen molar-refractivity contribution in [2.24, 2.45) is 5.92 Å². The molecule has 0 radical (unpaired) electrons. The molecule has 1 aliphatic rings. The fraction of sp³-hybridized carbons (Fsp3) is 0.571. The van der Waals surface area contributed by atoms with Gasteiger partial charge in [0.15, 0.2) is 11.5 Å². The number of rotatable bonds is 6. The van der Waals surface area contributed by atoms with Crippen molar-refractivity contribution in [1.29, 1.82) is 0 Å². The monoisotopic (exact) mass is 348 g/mol. The third-order valence-corrected chi connectivity index (χ3v) is 5.58. The van der Waals surface area contributed by atoms with E-state index in [4.69, 9.17) is 21.1 Å². The van der Waals surface area contributed by atoms with Crippen LogP contribution in [0.5, 0.6) is 11.5 Å². The minimum Gasteiger partial charge on any atom is -0.493 e. The highest BCUT2D eigenvalue weighted by Crippen LogP contribution is 2.35. The molecule has 124 valence electrons. The quantitative estimate of drug-likeness (QED) is 0.817. The van der Waals surface area contributed by atoms with Gasteiger partial charge >= 0.3 is 0 Å². The maximum atomic E-state index is 12.5. The first-order valence-corrected chi connectivity index (χ1v) is 8.96. The summed E-state index contributed by atoms with van der Waals surface area (Å²) in [6.07, 6.45) is 2.07. The molecule has 6 nitrogen and oxygen atoms in total.